The van der Waals surface area contributed by atoms with Crippen LogP contribution in [-0.4, -0.2) is 61.0 Å². The van der Waals surface area contributed by atoms with E-state index in [-0.39, 0.29) is 29.3 Å². The van der Waals surface area contributed by atoms with Crippen LogP contribution in [0.1, 0.15) is 32.1 Å². The van der Waals surface area contributed by atoms with E-state index in [1.54, 1.807) is 12.1 Å². The van der Waals surface area contributed by atoms with E-state index in [1.165, 1.54) is 6.07 Å². The lowest BCUT2D eigenvalue weighted by molar-refractivity contribution is -0.383. The van der Waals surface area contributed by atoms with Gasteiger partial charge in [0.15, 0.2) is 0 Å². The molecule has 2 amide bonds. The maximum Gasteiger partial charge on any atom is 0.294 e. The zero-order valence-corrected chi connectivity index (χ0v) is 17.0. The Morgan fingerprint density at radius 1 is 1.10 bits per heavy atom. The van der Waals surface area contributed by atoms with Crippen LogP contribution >= 0.6 is 0 Å². The van der Waals surface area contributed by atoms with Crippen LogP contribution in [0.5, 0.6) is 0 Å². The van der Waals surface area contributed by atoms with Crippen molar-refractivity contribution < 1.29 is 19.2 Å². The number of hydrogen-bond donors (Lipinski definition) is 1. The molecule has 1 saturated carbocycles. The number of carbonyl (C=O) groups excluding carboxylic acids is 2. The first-order valence-electron chi connectivity index (χ1n) is 10.8. The van der Waals surface area contributed by atoms with Crippen LogP contribution in [-0.2, 0) is 14.3 Å². The number of fused-ring (bicyclic) bond motifs is 1. The molecule has 9 nitrogen and oxygen atoms in total. The summed E-state index contributed by atoms with van der Waals surface area (Å²) in [6, 6.07) is 4.58. The van der Waals surface area contributed by atoms with Gasteiger partial charge in [0.1, 0.15) is 5.69 Å². The fourth-order valence-electron chi connectivity index (χ4n) is 4.73. The van der Waals surface area contributed by atoms with Gasteiger partial charge >= 0.3 is 0 Å². The third-order valence-corrected chi connectivity index (χ3v) is 6.35. The van der Waals surface area contributed by atoms with Gasteiger partial charge < -0.3 is 10.1 Å². The van der Waals surface area contributed by atoms with Crippen LogP contribution in [0.2, 0.25) is 0 Å². The Morgan fingerprint density at radius 2 is 1.77 bits per heavy atom. The predicted molar refractivity (Wildman–Crippen MR) is 111 cm³/mol. The molecule has 3 aliphatic rings. The fraction of sp³-hybridized carbons (Fsp3) is 0.619. The van der Waals surface area contributed by atoms with Crippen LogP contribution in [0.4, 0.5) is 17.1 Å². The minimum absolute atomic E-state index is 0.116. The van der Waals surface area contributed by atoms with E-state index in [2.05, 4.69) is 10.2 Å². The van der Waals surface area contributed by atoms with E-state index in [4.69, 9.17) is 4.74 Å². The standard InChI is InChI=1S/C21H28N4O5/c26-20-16-4-1-2-5-17(16)21(27)24(20)15-6-7-18(19(14-15)25(28)29)22-8-3-9-23-10-12-30-13-11-23/h6-7,14,16-17,22H,1-5,8-13H2. The smallest absolute Gasteiger partial charge is 0.294 e. The van der Waals surface area contributed by atoms with Crippen molar-refractivity contribution in [2.24, 2.45) is 11.8 Å². The maximum atomic E-state index is 12.8. The van der Waals surface area contributed by atoms with Gasteiger partial charge in [0, 0.05) is 25.7 Å². The number of hydrogen-bond acceptors (Lipinski definition) is 7. The van der Waals surface area contributed by atoms with Crippen LogP contribution in [0, 0.1) is 22.0 Å². The average molecular weight is 416 g/mol. The second-order valence-electron chi connectivity index (χ2n) is 8.20. The summed E-state index contributed by atoms with van der Waals surface area (Å²) in [5.41, 5.74) is 0.585. The Bertz CT molecular complexity index is 800. The summed E-state index contributed by atoms with van der Waals surface area (Å²) in [6.07, 6.45) is 4.18. The molecule has 0 aromatic heterocycles. The number of amides is 2. The third-order valence-electron chi connectivity index (χ3n) is 6.35. The van der Waals surface area contributed by atoms with E-state index in [1.807, 2.05) is 0 Å². The summed E-state index contributed by atoms with van der Waals surface area (Å²) in [4.78, 5) is 40.2. The number of nitrogens with one attached hydrogen (secondary N) is 1. The van der Waals surface area contributed by atoms with Gasteiger partial charge in [-0.25, -0.2) is 4.90 Å². The Labute approximate surface area is 175 Å². The van der Waals surface area contributed by atoms with Gasteiger partial charge in [-0.3, -0.25) is 24.6 Å². The lowest BCUT2D eigenvalue weighted by atomic mass is 9.81. The van der Waals surface area contributed by atoms with Crippen molar-refractivity contribution in [3.8, 4) is 0 Å². The Kier molecular flexibility index (Phi) is 6.29. The summed E-state index contributed by atoms with van der Waals surface area (Å²) < 4.78 is 5.33. The number of nitro groups is 1. The Morgan fingerprint density at radius 3 is 2.40 bits per heavy atom. The molecule has 2 saturated heterocycles. The van der Waals surface area contributed by atoms with Crippen molar-refractivity contribution in [3.63, 3.8) is 0 Å². The van der Waals surface area contributed by atoms with Crippen molar-refractivity contribution in [1.29, 1.82) is 0 Å². The monoisotopic (exact) mass is 416 g/mol. The molecular formula is C21H28N4O5. The van der Waals surface area contributed by atoms with Crippen molar-refractivity contribution in [3.05, 3.63) is 28.3 Å². The first-order valence-corrected chi connectivity index (χ1v) is 10.8. The molecule has 4 rings (SSSR count). The zero-order chi connectivity index (χ0) is 21.1. The summed E-state index contributed by atoms with van der Waals surface area (Å²) in [6.45, 7) is 4.82. The van der Waals surface area contributed by atoms with Gasteiger partial charge in [0.05, 0.1) is 35.7 Å². The summed E-state index contributed by atoms with van der Waals surface area (Å²) in [5, 5.41) is 14.8. The number of nitrogens with zero attached hydrogens (tertiary/aromatic N) is 3. The van der Waals surface area contributed by atoms with Gasteiger partial charge in [-0.15, -0.1) is 0 Å². The molecule has 1 aromatic carbocycles. The lowest BCUT2D eigenvalue weighted by Crippen LogP contribution is -2.37. The maximum absolute atomic E-state index is 12.8. The first kappa shape index (κ1) is 20.7. The van der Waals surface area contributed by atoms with E-state index in [9.17, 15) is 19.7 Å². The molecule has 1 aromatic rings. The second kappa shape index (κ2) is 9.09. The van der Waals surface area contributed by atoms with Gasteiger partial charge in [-0.1, -0.05) is 12.8 Å². The molecule has 2 heterocycles. The predicted octanol–water partition coefficient (Wildman–Crippen LogP) is 2.41. The molecular weight excluding hydrogens is 388 g/mol. The van der Waals surface area contributed by atoms with Gasteiger partial charge in [0.25, 0.3) is 5.69 Å². The third kappa shape index (κ3) is 4.17. The Balaban J connectivity index is 1.43. The number of ether oxygens (including phenoxy) is 1. The van der Waals surface area contributed by atoms with E-state index >= 15 is 0 Å². The molecule has 2 atom stereocenters. The second-order valence-corrected chi connectivity index (χ2v) is 8.20. The number of nitro benzene ring substituents is 1. The van der Waals surface area contributed by atoms with Crippen molar-refractivity contribution >= 4 is 28.9 Å². The zero-order valence-electron chi connectivity index (χ0n) is 17.0. The number of anilines is 2. The van der Waals surface area contributed by atoms with E-state index in [0.29, 0.717) is 17.9 Å². The SMILES string of the molecule is O=C1C2CCCCC2C(=O)N1c1ccc(NCCCN2CCOCC2)c([N+](=O)[O-])c1. The normalized spacial score (nSPS) is 24.7. The topological polar surface area (TPSA) is 105 Å². The molecule has 9 heteroatoms. The minimum atomic E-state index is -0.466. The summed E-state index contributed by atoms with van der Waals surface area (Å²) in [7, 11) is 0. The Hall–Kier alpha value is -2.52. The highest BCUT2D eigenvalue weighted by Gasteiger charge is 2.49. The molecule has 2 unspecified atom stereocenters. The van der Waals surface area contributed by atoms with Crippen LogP contribution in [0.3, 0.4) is 0 Å². The number of carbonyl (C=O) groups is 2. The molecule has 0 spiro atoms. The van der Waals surface area contributed by atoms with Crippen molar-refractivity contribution in [2.75, 3.05) is 49.6 Å². The highest BCUT2D eigenvalue weighted by atomic mass is 16.6. The summed E-state index contributed by atoms with van der Waals surface area (Å²) in [5.74, 6) is -0.984. The molecule has 0 bridgehead atoms. The quantitative estimate of drug-likeness (QED) is 0.315. The summed E-state index contributed by atoms with van der Waals surface area (Å²) >= 11 is 0. The van der Waals surface area contributed by atoms with Crippen molar-refractivity contribution in [2.45, 2.75) is 32.1 Å². The van der Waals surface area contributed by atoms with Gasteiger partial charge in [-0.05, 0) is 37.9 Å². The molecule has 30 heavy (non-hydrogen) atoms. The molecule has 3 fully saturated rings. The number of morpholine rings is 1. The largest absolute Gasteiger partial charge is 0.379 e. The highest BCUT2D eigenvalue weighted by Crippen LogP contribution is 2.41. The number of benzene rings is 1. The fourth-order valence-corrected chi connectivity index (χ4v) is 4.73. The average Bonchev–Trinajstić information content (AvgIpc) is 3.02. The van der Waals surface area contributed by atoms with Crippen LogP contribution in [0.25, 0.3) is 0 Å². The molecule has 1 aliphatic carbocycles. The first-order chi connectivity index (χ1) is 14.6. The van der Waals surface area contributed by atoms with E-state index in [0.717, 1.165) is 69.9 Å². The van der Waals surface area contributed by atoms with E-state index < -0.39 is 4.92 Å². The van der Waals surface area contributed by atoms with Gasteiger partial charge in [-0.2, -0.15) is 0 Å². The van der Waals surface area contributed by atoms with Crippen LogP contribution in [0.15, 0.2) is 18.2 Å². The van der Waals surface area contributed by atoms with Gasteiger partial charge in [0.2, 0.25) is 11.8 Å². The molecule has 0 radical (unpaired) electrons. The molecule has 1 N–H and O–H groups in total. The minimum Gasteiger partial charge on any atom is -0.379 e. The number of rotatable bonds is 7. The van der Waals surface area contributed by atoms with Crippen molar-refractivity contribution in [1.82, 2.24) is 4.90 Å². The molecule has 2 aliphatic heterocycles. The van der Waals surface area contributed by atoms with Crippen LogP contribution < -0.4 is 10.2 Å². The lowest BCUT2D eigenvalue weighted by Gasteiger charge is -2.26. The number of imide groups is 1. The highest BCUT2D eigenvalue weighted by molar-refractivity contribution is 6.22. The molecule has 162 valence electrons.